The molecule has 1 aliphatic rings. The first-order valence-electron chi connectivity index (χ1n) is 9.60. The maximum Gasteiger partial charge on any atom is 0.130 e. The SMILES string of the molecule is C#CC1(O)CCN(Cc2ccccc2)CC1Cc1c[nH]c2ccc(C)cc12. The highest BCUT2D eigenvalue weighted by molar-refractivity contribution is 5.83. The second-order valence-corrected chi connectivity index (χ2v) is 7.80. The summed E-state index contributed by atoms with van der Waals surface area (Å²) in [6.07, 6.45) is 9.22. The molecule has 1 fully saturated rings. The van der Waals surface area contributed by atoms with Crippen LogP contribution < -0.4 is 0 Å². The molecule has 3 heteroatoms. The van der Waals surface area contributed by atoms with E-state index in [2.05, 4.69) is 71.4 Å². The molecular weight excluding hydrogens is 332 g/mol. The molecule has 138 valence electrons. The van der Waals surface area contributed by atoms with Gasteiger partial charge in [-0.15, -0.1) is 6.42 Å². The minimum absolute atomic E-state index is 0.0134. The molecule has 0 spiro atoms. The first-order valence-corrected chi connectivity index (χ1v) is 9.60. The van der Waals surface area contributed by atoms with Crippen LogP contribution >= 0.6 is 0 Å². The average Bonchev–Trinajstić information content (AvgIpc) is 3.07. The van der Waals surface area contributed by atoms with E-state index in [0.717, 1.165) is 31.6 Å². The first kappa shape index (κ1) is 17.9. The van der Waals surface area contributed by atoms with Gasteiger partial charge in [0.1, 0.15) is 5.60 Å². The topological polar surface area (TPSA) is 39.3 Å². The lowest BCUT2D eigenvalue weighted by Gasteiger charge is -2.42. The summed E-state index contributed by atoms with van der Waals surface area (Å²) in [6, 6.07) is 16.9. The number of likely N-dealkylation sites (tertiary alicyclic amines) is 1. The van der Waals surface area contributed by atoms with Crippen LogP contribution in [0.3, 0.4) is 0 Å². The van der Waals surface area contributed by atoms with Crippen LogP contribution in [0.5, 0.6) is 0 Å². The highest BCUT2D eigenvalue weighted by Crippen LogP contribution is 2.33. The van der Waals surface area contributed by atoms with Crippen molar-refractivity contribution in [1.29, 1.82) is 0 Å². The summed E-state index contributed by atoms with van der Waals surface area (Å²) in [7, 11) is 0. The van der Waals surface area contributed by atoms with Gasteiger partial charge in [0.25, 0.3) is 0 Å². The maximum absolute atomic E-state index is 11.1. The van der Waals surface area contributed by atoms with E-state index < -0.39 is 5.60 Å². The fraction of sp³-hybridized carbons (Fsp3) is 0.333. The summed E-state index contributed by atoms with van der Waals surface area (Å²) in [4.78, 5) is 5.76. The fourth-order valence-electron chi connectivity index (χ4n) is 4.22. The van der Waals surface area contributed by atoms with Gasteiger partial charge in [0.2, 0.25) is 0 Å². The van der Waals surface area contributed by atoms with E-state index in [1.54, 1.807) is 0 Å². The number of aromatic nitrogens is 1. The minimum Gasteiger partial charge on any atom is -0.377 e. The summed E-state index contributed by atoms with van der Waals surface area (Å²) in [6.45, 7) is 4.62. The molecule has 1 aliphatic heterocycles. The van der Waals surface area contributed by atoms with Crippen molar-refractivity contribution in [3.63, 3.8) is 0 Å². The Morgan fingerprint density at radius 3 is 2.85 bits per heavy atom. The zero-order valence-corrected chi connectivity index (χ0v) is 15.8. The molecule has 4 rings (SSSR count). The molecular formula is C24H26N2O. The molecule has 1 aromatic heterocycles. The Bertz CT molecular complexity index is 969. The van der Waals surface area contributed by atoms with Crippen LogP contribution in [-0.2, 0) is 13.0 Å². The Morgan fingerprint density at radius 2 is 2.07 bits per heavy atom. The van der Waals surface area contributed by atoms with E-state index in [-0.39, 0.29) is 5.92 Å². The maximum atomic E-state index is 11.1. The summed E-state index contributed by atoms with van der Waals surface area (Å²) < 4.78 is 0. The molecule has 1 saturated heterocycles. The van der Waals surface area contributed by atoms with E-state index in [9.17, 15) is 5.11 Å². The minimum atomic E-state index is -1.04. The van der Waals surface area contributed by atoms with E-state index in [4.69, 9.17) is 6.42 Å². The number of piperidine rings is 1. The molecule has 0 amide bonds. The van der Waals surface area contributed by atoms with Crippen LogP contribution in [0.4, 0.5) is 0 Å². The third kappa shape index (κ3) is 3.64. The van der Waals surface area contributed by atoms with Gasteiger partial charge in [0, 0.05) is 49.1 Å². The van der Waals surface area contributed by atoms with Crippen molar-refractivity contribution in [3.8, 4) is 12.3 Å². The number of aromatic amines is 1. The lowest BCUT2D eigenvalue weighted by molar-refractivity contribution is -0.0289. The molecule has 0 saturated carbocycles. The number of aryl methyl sites for hydroxylation is 1. The van der Waals surface area contributed by atoms with Gasteiger partial charge in [-0.25, -0.2) is 0 Å². The lowest BCUT2D eigenvalue weighted by Crippen LogP contribution is -2.51. The fourth-order valence-corrected chi connectivity index (χ4v) is 4.22. The summed E-state index contributed by atoms with van der Waals surface area (Å²) in [5.74, 6) is 2.72. The van der Waals surface area contributed by atoms with Crippen molar-refractivity contribution >= 4 is 10.9 Å². The molecule has 2 heterocycles. The number of rotatable bonds is 4. The van der Waals surface area contributed by atoms with Gasteiger partial charge in [-0.2, -0.15) is 0 Å². The van der Waals surface area contributed by atoms with Gasteiger partial charge < -0.3 is 10.1 Å². The predicted octanol–water partition coefficient (Wildman–Crippen LogP) is 3.91. The van der Waals surface area contributed by atoms with Crippen LogP contribution in [0.1, 0.15) is 23.1 Å². The number of nitrogens with zero attached hydrogens (tertiary/aromatic N) is 1. The quantitative estimate of drug-likeness (QED) is 0.694. The summed E-state index contributed by atoms with van der Waals surface area (Å²) in [5.41, 5.74) is 3.86. The second-order valence-electron chi connectivity index (χ2n) is 7.80. The van der Waals surface area contributed by atoms with E-state index >= 15 is 0 Å². The van der Waals surface area contributed by atoms with Crippen LogP contribution in [-0.4, -0.2) is 33.7 Å². The van der Waals surface area contributed by atoms with E-state index in [1.165, 1.54) is 22.1 Å². The number of hydrogen-bond donors (Lipinski definition) is 2. The highest BCUT2D eigenvalue weighted by Gasteiger charge is 2.40. The van der Waals surface area contributed by atoms with Gasteiger partial charge in [0.05, 0.1) is 0 Å². The molecule has 2 unspecified atom stereocenters. The molecule has 27 heavy (non-hydrogen) atoms. The van der Waals surface area contributed by atoms with E-state index in [0.29, 0.717) is 6.42 Å². The number of fused-ring (bicyclic) bond motifs is 1. The molecule has 3 nitrogen and oxygen atoms in total. The molecule has 2 N–H and O–H groups in total. The van der Waals surface area contributed by atoms with Crippen LogP contribution in [0.2, 0.25) is 0 Å². The number of benzene rings is 2. The van der Waals surface area contributed by atoms with Crippen molar-refractivity contribution in [1.82, 2.24) is 9.88 Å². The van der Waals surface area contributed by atoms with Gasteiger partial charge in [-0.1, -0.05) is 47.9 Å². The van der Waals surface area contributed by atoms with Gasteiger partial charge in [0.15, 0.2) is 0 Å². The number of nitrogens with one attached hydrogen (secondary N) is 1. The normalized spacial score (nSPS) is 23.4. The van der Waals surface area contributed by atoms with Crippen molar-refractivity contribution < 1.29 is 5.11 Å². The van der Waals surface area contributed by atoms with Gasteiger partial charge in [-0.3, -0.25) is 4.90 Å². The molecule has 2 atom stereocenters. The second kappa shape index (κ2) is 7.23. The van der Waals surface area contributed by atoms with E-state index in [1.807, 2.05) is 6.07 Å². The Kier molecular flexibility index (Phi) is 4.78. The molecule has 0 radical (unpaired) electrons. The van der Waals surface area contributed by atoms with Crippen molar-refractivity contribution in [2.75, 3.05) is 13.1 Å². The Hall–Kier alpha value is -2.54. The van der Waals surface area contributed by atoms with Gasteiger partial charge >= 0.3 is 0 Å². The molecule has 3 aromatic rings. The average molecular weight is 358 g/mol. The van der Waals surface area contributed by atoms with Crippen LogP contribution in [0.25, 0.3) is 10.9 Å². The largest absolute Gasteiger partial charge is 0.377 e. The third-order valence-corrected chi connectivity index (χ3v) is 5.85. The lowest BCUT2D eigenvalue weighted by atomic mass is 9.78. The molecule has 0 bridgehead atoms. The number of aliphatic hydroxyl groups is 1. The number of H-pyrrole nitrogens is 1. The van der Waals surface area contributed by atoms with Crippen molar-refractivity contribution in [2.45, 2.75) is 31.9 Å². The molecule has 0 aliphatic carbocycles. The zero-order chi connectivity index (χ0) is 18.9. The van der Waals surface area contributed by atoms with Crippen molar-refractivity contribution in [3.05, 3.63) is 71.4 Å². The zero-order valence-electron chi connectivity index (χ0n) is 15.8. The Balaban J connectivity index is 1.57. The first-order chi connectivity index (χ1) is 13.1. The number of hydrogen-bond acceptors (Lipinski definition) is 2. The predicted molar refractivity (Wildman–Crippen MR) is 110 cm³/mol. The molecule has 2 aromatic carbocycles. The standard InChI is InChI=1S/C24H26N2O/c1-3-24(27)11-12-26(16-19-7-5-4-6-8-19)17-21(24)14-20-15-25-23-10-9-18(2)13-22(20)23/h1,4-10,13,15,21,25,27H,11-12,14,16-17H2,2H3. The Morgan fingerprint density at radius 1 is 1.26 bits per heavy atom. The van der Waals surface area contributed by atoms with Gasteiger partial charge in [-0.05, 0) is 36.6 Å². The Labute approximate surface area is 161 Å². The third-order valence-electron chi connectivity index (χ3n) is 5.85. The van der Waals surface area contributed by atoms with Crippen LogP contribution in [0.15, 0.2) is 54.7 Å². The summed E-state index contributed by atoms with van der Waals surface area (Å²) in [5, 5.41) is 12.3. The number of terminal acetylenes is 1. The van der Waals surface area contributed by atoms with Crippen LogP contribution in [0, 0.1) is 25.2 Å². The van der Waals surface area contributed by atoms with Crippen molar-refractivity contribution in [2.24, 2.45) is 5.92 Å². The smallest absolute Gasteiger partial charge is 0.130 e. The monoisotopic (exact) mass is 358 g/mol. The summed E-state index contributed by atoms with van der Waals surface area (Å²) >= 11 is 0. The highest BCUT2D eigenvalue weighted by atomic mass is 16.3.